The van der Waals surface area contributed by atoms with Crippen molar-refractivity contribution in [2.45, 2.75) is 31.7 Å². The van der Waals surface area contributed by atoms with Gasteiger partial charge in [-0.05, 0) is 66.3 Å². The zero-order valence-electron chi connectivity index (χ0n) is 22.1. The zero-order valence-corrected chi connectivity index (χ0v) is 22.9. The van der Waals surface area contributed by atoms with Gasteiger partial charge in [0.25, 0.3) is 15.9 Å². The fraction of sp³-hybridized carbons (Fsp3) is 0.200. The van der Waals surface area contributed by atoms with Crippen molar-refractivity contribution in [3.63, 3.8) is 0 Å². The van der Waals surface area contributed by atoms with Gasteiger partial charge in [0.1, 0.15) is 5.75 Å². The third kappa shape index (κ3) is 6.56. The minimum Gasteiger partial charge on any atom is -0.496 e. The first-order valence-corrected chi connectivity index (χ1v) is 14.0. The highest BCUT2D eigenvalue weighted by molar-refractivity contribution is 7.90. The topological polar surface area (TPSA) is 107 Å². The summed E-state index contributed by atoms with van der Waals surface area (Å²) >= 11 is 0. The van der Waals surface area contributed by atoms with Crippen LogP contribution in [-0.2, 0) is 21.4 Å². The number of ether oxygens (including phenoxy) is 1. The quantitative estimate of drug-likeness (QED) is 0.282. The number of aromatic nitrogens is 1. The SMILES string of the molecule is CCCNC(=O)/C=C/c1ccc2ccn(Cc3ccc(C(=O)NS(=O)(=O)c4ccccc4C)cc3OC)c2c1. The van der Waals surface area contributed by atoms with E-state index in [4.69, 9.17) is 4.74 Å². The molecule has 2 amide bonds. The summed E-state index contributed by atoms with van der Waals surface area (Å²) < 4.78 is 35.3. The van der Waals surface area contributed by atoms with Gasteiger partial charge in [-0.15, -0.1) is 0 Å². The Balaban J connectivity index is 1.54. The molecule has 1 heterocycles. The molecular formula is C30H31N3O5S. The number of nitrogens with one attached hydrogen (secondary N) is 2. The molecule has 3 aromatic carbocycles. The number of methoxy groups -OCH3 is 1. The maximum atomic E-state index is 12.8. The predicted molar refractivity (Wildman–Crippen MR) is 152 cm³/mol. The molecule has 8 nitrogen and oxygen atoms in total. The van der Waals surface area contributed by atoms with Crippen molar-refractivity contribution in [3.8, 4) is 5.75 Å². The smallest absolute Gasteiger partial charge is 0.265 e. The van der Waals surface area contributed by atoms with Crippen molar-refractivity contribution in [1.29, 1.82) is 0 Å². The molecular weight excluding hydrogens is 514 g/mol. The molecule has 0 aliphatic carbocycles. The highest BCUT2D eigenvalue weighted by atomic mass is 32.2. The van der Waals surface area contributed by atoms with E-state index >= 15 is 0 Å². The van der Waals surface area contributed by atoms with Crippen molar-refractivity contribution in [1.82, 2.24) is 14.6 Å². The summed E-state index contributed by atoms with van der Waals surface area (Å²) in [4.78, 5) is 24.8. The maximum Gasteiger partial charge on any atom is 0.265 e. The summed E-state index contributed by atoms with van der Waals surface area (Å²) in [7, 11) is -2.52. The van der Waals surface area contributed by atoms with Gasteiger partial charge in [-0.2, -0.15) is 0 Å². The van der Waals surface area contributed by atoms with Crippen molar-refractivity contribution in [2.75, 3.05) is 13.7 Å². The van der Waals surface area contributed by atoms with Crippen LogP contribution in [-0.4, -0.2) is 38.5 Å². The molecule has 0 radical (unpaired) electrons. The average molecular weight is 546 g/mol. The second-order valence-corrected chi connectivity index (χ2v) is 10.8. The Labute approximate surface area is 228 Å². The summed E-state index contributed by atoms with van der Waals surface area (Å²) in [6, 6.07) is 19.3. The number of hydrogen-bond acceptors (Lipinski definition) is 5. The highest BCUT2D eigenvalue weighted by Crippen LogP contribution is 2.25. The summed E-state index contributed by atoms with van der Waals surface area (Å²) in [5, 5.41) is 3.86. The Morgan fingerprint density at radius 3 is 2.56 bits per heavy atom. The average Bonchev–Trinajstić information content (AvgIpc) is 3.32. The van der Waals surface area contributed by atoms with E-state index in [-0.39, 0.29) is 16.4 Å². The van der Waals surface area contributed by atoms with E-state index < -0.39 is 15.9 Å². The molecule has 0 fully saturated rings. The molecule has 0 unspecified atom stereocenters. The van der Waals surface area contributed by atoms with E-state index in [1.807, 2.05) is 42.0 Å². The third-order valence-electron chi connectivity index (χ3n) is 6.27. The van der Waals surface area contributed by atoms with E-state index in [0.29, 0.717) is 24.4 Å². The van der Waals surface area contributed by atoms with Crippen LogP contribution in [0.1, 0.15) is 40.4 Å². The minimum absolute atomic E-state index is 0.0530. The van der Waals surface area contributed by atoms with Crippen LogP contribution in [0.3, 0.4) is 0 Å². The van der Waals surface area contributed by atoms with Gasteiger partial charge in [-0.3, -0.25) is 9.59 Å². The van der Waals surface area contributed by atoms with Gasteiger partial charge < -0.3 is 14.6 Å². The molecule has 9 heteroatoms. The fourth-order valence-corrected chi connectivity index (χ4v) is 5.44. The standard InChI is InChI=1S/C30H31N3O5S/c1-4-16-31-29(34)14-10-22-9-11-23-15-17-33(26(23)18-22)20-25-13-12-24(19-27(25)38-3)30(35)32-39(36,37)28-8-6-5-7-21(28)2/h5-15,17-19H,4,16,20H2,1-3H3,(H,31,34)(H,32,35)/b14-10+. The largest absolute Gasteiger partial charge is 0.496 e. The fourth-order valence-electron chi connectivity index (χ4n) is 4.22. The minimum atomic E-state index is -4.03. The molecule has 0 saturated heterocycles. The number of amides is 2. The van der Waals surface area contributed by atoms with Crippen LogP contribution in [0.25, 0.3) is 17.0 Å². The number of fused-ring (bicyclic) bond motifs is 1. The third-order valence-corrected chi connectivity index (χ3v) is 7.77. The van der Waals surface area contributed by atoms with Crippen LogP contribution in [0, 0.1) is 6.92 Å². The van der Waals surface area contributed by atoms with Crippen LogP contribution in [0.4, 0.5) is 0 Å². The van der Waals surface area contributed by atoms with Gasteiger partial charge in [0.15, 0.2) is 0 Å². The zero-order chi connectivity index (χ0) is 28.0. The summed E-state index contributed by atoms with van der Waals surface area (Å²) in [5.74, 6) is -0.414. The lowest BCUT2D eigenvalue weighted by atomic mass is 10.1. The number of hydrogen-bond donors (Lipinski definition) is 2. The van der Waals surface area contributed by atoms with E-state index in [1.54, 1.807) is 43.3 Å². The molecule has 0 aliphatic rings. The molecule has 202 valence electrons. The normalized spacial score (nSPS) is 11.6. The lowest BCUT2D eigenvalue weighted by molar-refractivity contribution is -0.116. The van der Waals surface area contributed by atoms with E-state index in [2.05, 4.69) is 10.0 Å². The van der Waals surface area contributed by atoms with Gasteiger partial charge in [-0.25, -0.2) is 13.1 Å². The first-order chi connectivity index (χ1) is 18.7. The van der Waals surface area contributed by atoms with E-state index in [9.17, 15) is 18.0 Å². The second-order valence-electron chi connectivity index (χ2n) is 9.11. The second kappa shape index (κ2) is 12.0. The van der Waals surface area contributed by atoms with Gasteiger partial charge in [-0.1, -0.05) is 43.3 Å². The van der Waals surface area contributed by atoms with Crippen molar-refractivity contribution >= 4 is 38.8 Å². The molecule has 4 aromatic rings. The maximum absolute atomic E-state index is 12.8. The van der Waals surface area contributed by atoms with Gasteiger partial charge >= 0.3 is 0 Å². The Morgan fingerprint density at radius 1 is 1.03 bits per heavy atom. The number of aryl methyl sites for hydroxylation is 1. The van der Waals surface area contributed by atoms with Crippen LogP contribution < -0.4 is 14.8 Å². The molecule has 39 heavy (non-hydrogen) atoms. The molecule has 0 aliphatic heterocycles. The number of rotatable bonds is 10. The van der Waals surface area contributed by atoms with Gasteiger partial charge in [0.05, 0.1) is 18.6 Å². The summed E-state index contributed by atoms with van der Waals surface area (Å²) in [6.07, 6.45) is 6.14. The number of sulfonamides is 1. The molecule has 0 saturated carbocycles. The Bertz CT molecular complexity index is 1650. The first kappa shape index (κ1) is 27.7. The van der Waals surface area contributed by atoms with Crippen molar-refractivity contribution < 1.29 is 22.7 Å². The van der Waals surface area contributed by atoms with Crippen LogP contribution in [0.2, 0.25) is 0 Å². The van der Waals surface area contributed by atoms with Crippen molar-refractivity contribution in [3.05, 3.63) is 101 Å². The predicted octanol–water partition coefficient (Wildman–Crippen LogP) is 4.66. The number of benzene rings is 3. The van der Waals surface area contributed by atoms with Crippen molar-refractivity contribution in [2.24, 2.45) is 0 Å². The molecule has 4 rings (SSSR count). The van der Waals surface area contributed by atoms with Gasteiger partial charge in [0.2, 0.25) is 5.91 Å². The van der Waals surface area contributed by atoms with E-state index in [0.717, 1.165) is 28.5 Å². The lowest BCUT2D eigenvalue weighted by Crippen LogP contribution is -2.31. The summed E-state index contributed by atoms with van der Waals surface area (Å²) in [6.45, 7) is 4.77. The van der Waals surface area contributed by atoms with Crippen LogP contribution in [0.15, 0.2) is 83.9 Å². The molecule has 0 atom stereocenters. The molecule has 1 aromatic heterocycles. The molecule has 2 N–H and O–H groups in total. The summed E-state index contributed by atoms with van der Waals surface area (Å²) in [5.41, 5.74) is 3.39. The van der Waals surface area contributed by atoms with Crippen LogP contribution in [0.5, 0.6) is 5.75 Å². The molecule has 0 spiro atoms. The van der Waals surface area contributed by atoms with E-state index in [1.165, 1.54) is 25.3 Å². The van der Waals surface area contributed by atoms with Crippen LogP contribution >= 0.6 is 0 Å². The monoisotopic (exact) mass is 545 g/mol. The highest BCUT2D eigenvalue weighted by Gasteiger charge is 2.21. The number of carbonyl (C=O) groups excluding carboxylic acids is 2. The molecule has 0 bridgehead atoms. The number of carbonyl (C=O) groups is 2. The Kier molecular flexibility index (Phi) is 8.51. The van der Waals surface area contributed by atoms with Gasteiger partial charge in [0, 0.05) is 35.5 Å². The number of nitrogens with zero attached hydrogens (tertiary/aromatic N) is 1. The Hall–Kier alpha value is -4.37. The lowest BCUT2D eigenvalue weighted by Gasteiger charge is -2.13. The Morgan fingerprint density at radius 2 is 1.82 bits per heavy atom. The first-order valence-electron chi connectivity index (χ1n) is 12.6.